The second-order valence-corrected chi connectivity index (χ2v) is 5.85. The topological polar surface area (TPSA) is 61.2 Å². The van der Waals surface area contributed by atoms with Crippen LogP contribution in [0.5, 0.6) is 0 Å². The van der Waals surface area contributed by atoms with Crippen LogP contribution in [0.2, 0.25) is 0 Å². The van der Waals surface area contributed by atoms with Gasteiger partial charge in [0.2, 0.25) is 0 Å². The lowest BCUT2D eigenvalue weighted by atomic mass is 10.3. The smallest absolute Gasteiger partial charge is 0.197 e. The van der Waals surface area contributed by atoms with Gasteiger partial charge >= 0.3 is 0 Å². The average molecular weight is 329 g/mol. The predicted molar refractivity (Wildman–Crippen MR) is 94.1 cm³/mol. The zero-order valence-corrected chi connectivity index (χ0v) is 13.4. The third-order valence-electron chi connectivity index (χ3n) is 4.27. The van der Waals surface area contributed by atoms with Crippen molar-refractivity contribution < 1.29 is 4.42 Å². The molecular weight excluding hydrogens is 314 g/mol. The Labute approximate surface area is 143 Å². The summed E-state index contributed by atoms with van der Waals surface area (Å²) in [5, 5.41) is 4.40. The Morgan fingerprint density at radius 2 is 1.92 bits per heavy atom. The van der Waals surface area contributed by atoms with E-state index < -0.39 is 0 Å². The molecule has 0 saturated carbocycles. The molecule has 0 atom stereocenters. The van der Waals surface area contributed by atoms with E-state index in [4.69, 9.17) is 4.42 Å². The normalized spacial score (nSPS) is 11.5. The molecule has 0 fully saturated rings. The summed E-state index contributed by atoms with van der Waals surface area (Å²) in [6.45, 7) is 0.736. The van der Waals surface area contributed by atoms with Crippen LogP contribution in [-0.2, 0) is 13.0 Å². The molecule has 0 saturated heterocycles. The second-order valence-electron chi connectivity index (χ2n) is 5.85. The molecule has 122 valence electrons. The van der Waals surface area contributed by atoms with Gasteiger partial charge in [-0.15, -0.1) is 0 Å². The number of oxazole rings is 1. The van der Waals surface area contributed by atoms with E-state index in [2.05, 4.69) is 19.6 Å². The molecule has 0 radical (unpaired) electrons. The number of aryl methyl sites for hydroxylation is 2. The van der Waals surface area contributed by atoms with Gasteiger partial charge in [-0.25, -0.2) is 14.5 Å². The molecule has 6 heteroatoms. The summed E-state index contributed by atoms with van der Waals surface area (Å²) in [4.78, 5) is 9.06. The van der Waals surface area contributed by atoms with E-state index in [9.17, 15) is 0 Å². The number of hydrogen-bond acceptors (Lipinski definition) is 4. The van der Waals surface area contributed by atoms with Gasteiger partial charge in [-0.2, -0.15) is 5.10 Å². The van der Waals surface area contributed by atoms with Gasteiger partial charge in [0.1, 0.15) is 11.2 Å². The minimum absolute atomic E-state index is 0.702. The Morgan fingerprint density at radius 1 is 0.960 bits per heavy atom. The molecule has 0 bridgehead atoms. The number of aromatic nitrogens is 5. The monoisotopic (exact) mass is 329 g/mol. The lowest BCUT2D eigenvalue weighted by molar-refractivity contribution is 0.506. The lowest BCUT2D eigenvalue weighted by Gasteiger charge is -2.08. The van der Waals surface area contributed by atoms with Crippen LogP contribution < -0.4 is 0 Å². The number of pyridine rings is 1. The van der Waals surface area contributed by atoms with Crippen molar-refractivity contribution in [2.24, 2.45) is 0 Å². The third kappa shape index (κ3) is 2.39. The van der Waals surface area contributed by atoms with Crippen LogP contribution in [0.15, 0.2) is 71.5 Å². The predicted octanol–water partition coefficient (Wildman–Crippen LogP) is 3.58. The van der Waals surface area contributed by atoms with E-state index in [1.165, 1.54) is 0 Å². The fourth-order valence-electron chi connectivity index (χ4n) is 3.08. The maximum atomic E-state index is 5.81. The van der Waals surface area contributed by atoms with Crippen molar-refractivity contribution in [3.05, 3.63) is 73.0 Å². The Morgan fingerprint density at radius 3 is 2.88 bits per heavy atom. The molecule has 4 heterocycles. The van der Waals surface area contributed by atoms with Gasteiger partial charge in [0.05, 0.1) is 11.7 Å². The summed E-state index contributed by atoms with van der Waals surface area (Å²) in [7, 11) is 0. The van der Waals surface area contributed by atoms with Gasteiger partial charge < -0.3 is 8.98 Å². The molecule has 0 spiro atoms. The van der Waals surface area contributed by atoms with Crippen LogP contribution in [0.3, 0.4) is 0 Å². The van der Waals surface area contributed by atoms with Gasteiger partial charge in [0.15, 0.2) is 17.3 Å². The summed E-state index contributed by atoms with van der Waals surface area (Å²) >= 11 is 0. The first-order chi connectivity index (χ1) is 12.4. The fraction of sp³-hybridized carbons (Fsp3) is 0.105. The van der Waals surface area contributed by atoms with Crippen LogP contribution in [0.4, 0.5) is 0 Å². The lowest BCUT2D eigenvalue weighted by Crippen LogP contribution is -2.05. The van der Waals surface area contributed by atoms with E-state index in [0.29, 0.717) is 6.42 Å². The highest BCUT2D eigenvalue weighted by atomic mass is 16.3. The molecule has 4 aromatic heterocycles. The maximum Gasteiger partial charge on any atom is 0.197 e. The second kappa shape index (κ2) is 5.59. The molecule has 0 N–H and O–H groups in total. The molecule has 0 aliphatic rings. The molecule has 5 aromatic rings. The number of benzene rings is 1. The Bertz CT molecular complexity index is 1130. The molecule has 0 aliphatic carbocycles. The van der Waals surface area contributed by atoms with Crippen molar-refractivity contribution in [2.45, 2.75) is 13.0 Å². The molecule has 5 rings (SSSR count). The van der Waals surface area contributed by atoms with Gasteiger partial charge in [-0.3, -0.25) is 0 Å². The molecule has 0 amide bonds. The van der Waals surface area contributed by atoms with Gasteiger partial charge in [-0.05, 0) is 30.3 Å². The molecule has 6 nitrogen and oxygen atoms in total. The minimum Gasteiger partial charge on any atom is -0.441 e. The summed E-state index contributed by atoms with van der Waals surface area (Å²) in [6.07, 6.45) is 6.28. The first-order valence-corrected chi connectivity index (χ1v) is 8.17. The minimum atomic E-state index is 0.702. The van der Waals surface area contributed by atoms with E-state index in [1.807, 2.05) is 65.4 Å². The van der Waals surface area contributed by atoms with Crippen LogP contribution in [-0.4, -0.2) is 24.1 Å². The number of para-hydroxylation sites is 2. The third-order valence-corrected chi connectivity index (χ3v) is 4.27. The van der Waals surface area contributed by atoms with E-state index in [1.54, 1.807) is 6.20 Å². The standard InChI is InChI=1S/C19H15N5O/c1-2-7-17-15(5-1)22-18(25-17)9-12-23-13-11-20-19(23)16-6-3-4-14-8-10-21-24(14)16/h1-8,10-11,13H,9,12H2. The van der Waals surface area contributed by atoms with Crippen molar-refractivity contribution in [3.63, 3.8) is 0 Å². The Hall–Kier alpha value is -3.41. The van der Waals surface area contributed by atoms with Gasteiger partial charge in [0.25, 0.3) is 0 Å². The van der Waals surface area contributed by atoms with Crippen LogP contribution in [0, 0.1) is 0 Å². The van der Waals surface area contributed by atoms with Crippen molar-refractivity contribution in [3.8, 4) is 11.5 Å². The fourth-order valence-corrected chi connectivity index (χ4v) is 3.08. The molecule has 1 aromatic carbocycles. The summed E-state index contributed by atoms with van der Waals surface area (Å²) in [5.74, 6) is 1.61. The van der Waals surface area contributed by atoms with Crippen LogP contribution in [0.25, 0.3) is 28.1 Å². The average Bonchev–Trinajstić information content (AvgIpc) is 3.37. The Kier molecular flexibility index (Phi) is 3.13. The summed E-state index contributed by atoms with van der Waals surface area (Å²) < 4.78 is 9.81. The van der Waals surface area contributed by atoms with Gasteiger partial charge in [-0.1, -0.05) is 18.2 Å². The molecule has 0 unspecified atom stereocenters. The van der Waals surface area contributed by atoms with Crippen LogP contribution >= 0.6 is 0 Å². The number of imidazole rings is 1. The van der Waals surface area contributed by atoms with E-state index >= 15 is 0 Å². The van der Waals surface area contributed by atoms with Gasteiger partial charge in [0, 0.05) is 25.4 Å². The van der Waals surface area contributed by atoms with Crippen molar-refractivity contribution in [1.29, 1.82) is 0 Å². The maximum absolute atomic E-state index is 5.81. The number of rotatable bonds is 4. The number of nitrogens with zero attached hydrogens (tertiary/aromatic N) is 5. The number of fused-ring (bicyclic) bond motifs is 2. The zero-order chi connectivity index (χ0) is 16.6. The number of hydrogen-bond donors (Lipinski definition) is 0. The highest BCUT2D eigenvalue weighted by Crippen LogP contribution is 2.20. The SMILES string of the molecule is c1ccc2oc(CCn3ccnc3-c3cccc4ccnn34)nc2c1. The van der Waals surface area contributed by atoms with Crippen LogP contribution in [0.1, 0.15) is 5.89 Å². The summed E-state index contributed by atoms with van der Waals surface area (Å²) in [5.41, 5.74) is 3.73. The zero-order valence-electron chi connectivity index (χ0n) is 13.4. The van der Waals surface area contributed by atoms with Crippen molar-refractivity contribution in [1.82, 2.24) is 24.1 Å². The van der Waals surface area contributed by atoms with E-state index in [-0.39, 0.29) is 0 Å². The van der Waals surface area contributed by atoms with E-state index in [0.717, 1.165) is 40.6 Å². The first-order valence-electron chi connectivity index (χ1n) is 8.17. The first kappa shape index (κ1) is 14.0. The quantitative estimate of drug-likeness (QED) is 0.505. The largest absolute Gasteiger partial charge is 0.441 e. The van der Waals surface area contributed by atoms with Crippen molar-refractivity contribution >= 4 is 16.6 Å². The molecule has 25 heavy (non-hydrogen) atoms. The molecule has 0 aliphatic heterocycles. The molecular formula is C19H15N5O. The highest BCUT2D eigenvalue weighted by molar-refractivity contribution is 5.72. The summed E-state index contributed by atoms with van der Waals surface area (Å²) in [6, 6.07) is 15.9. The van der Waals surface area contributed by atoms with Crippen molar-refractivity contribution in [2.75, 3.05) is 0 Å². The highest BCUT2D eigenvalue weighted by Gasteiger charge is 2.12. The Balaban J connectivity index is 1.46.